The third kappa shape index (κ3) is 6.00. The van der Waals surface area contributed by atoms with Crippen LogP contribution in [0.3, 0.4) is 0 Å². The van der Waals surface area contributed by atoms with E-state index in [-0.39, 0.29) is 18.5 Å². The van der Waals surface area contributed by atoms with Crippen molar-refractivity contribution in [3.63, 3.8) is 0 Å². The van der Waals surface area contributed by atoms with Crippen LogP contribution in [0, 0.1) is 0 Å². The lowest BCUT2D eigenvalue weighted by atomic mass is 10.1. The van der Waals surface area contributed by atoms with Crippen molar-refractivity contribution in [2.75, 3.05) is 20.1 Å². The first kappa shape index (κ1) is 18.4. The van der Waals surface area contributed by atoms with Gasteiger partial charge in [0.1, 0.15) is 0 Å². The maximum atomic E-state index is 12.4. The Morgan fingerprint density at radius 3 is 2.41 bits per heavy atom. The predicted octanol–water partition coefficient (Wildman–Crippen LogP) is 3.42. The number of benzene rings is 1. The molecule has 1 aromatic rings. The molecule has 0 spiro atoms. The molecule has 4 heteroatoms. The van der Waals surface area contributed by atoms with Gasteiger partial charge >= 0.3 is 0 Å². The topological polar surface area (TPSA) is 32.8 Å². The standard InChI is InChI=1S/C18H28N2O2/c1-7-13-20(15(2)16-11-9-8-10-12-16)14-17(21)19(6)22-18(3,4)5/h7-12,15H,1,13-14H2,2-6H3/t15-/m0/s1. The second kappa shape index (κ2) is 8.11. The van der Waals surface area contributed by atoms with Crippen molar-refractivity contribution in [2.45, 2.75) is 39.3 Å². The molecule has 1 aromatic carbocycles. The molecule has 0 aliphatic carbocycles. The lowest BCUT2D eigenvalue weighted by Crippen LogP contribution is -2.42. The first-order valence-electron chi connectivity index (χ1n) is 7.60. The number of carbonyl (C=O) groups is 1. The van der Waals surface area contributed by atoms with Crippen molar-refractivity contribution < 1.29 is 9.63 Å². The van der Waals surface area contributed by atoms with Crippen LogP contribution in [0.2, 0.25) is 0 Å². The van der Waals surface area contributed by atoms with Gasteiger partial charge in [-0.25, -0.2) is 5.06 Å². The van der Waals surface area contributed by atoms with Gasteiger partial charge in [-0.15, -0.1) is 6.58 Å². The average Bonchev–Trinajstić information content (AvgIpc) is 2.45. The van der Waals surface area contributed by atoms with Gasteiger partial charge in [0.2, 0.25) is 0 Å². The minimum atomic E-state index is -0.390. The van der Waals surface area contributed by atoms with Crippen molar-refractivity contribution in [3.8, 4) is 0 Å². The first-order chi connectivity index (χ1) is 10.2. The second-order valence-corrected chi connectivity index (χ2v) is 6.40. The molecule has 0 N–H and O–H groups in total. The minimum absolute atomic E-state index is 0.0699. The Morgan fingerprint density at radius 2 is 1.91 bits per heavy atom. The van der Waals surface area contributed by atoms with Crippen LogP contribution in [0.4, 0.5) is 0 Å². The fraction of sp³-hybridized carbons (Fsp3) is 0.500. The zero-order chi connectivity index (χ0) is 16.8. The number of carbonyl (C=O) groups excluding carboxylic acids is 1. The Bertz CT molecular complexity index is 480. The molecule has 122 valence electrons. The highest BCUT2D eigenvalue weighted by Gasteiger charge is 2.23. The molecular formula is C18H28N2O2. The van der Waals surface area contributed by atoms with Gasteiger partial charge in [0, 0.05) is 19.6 Å². The summed E-state index contributed by atoms with van der Waals surface area (Å²) in [5, 5.41) is 1.33. The van der Waals surface area contributed by atoms with E-state index in [9.17, 15) is 4.79 Å². The van der Waals surface area contributed by atoms with E-state index in [2.05, 4.69) is 30.5 Å². The molecule has 0 aromatic heterocycles. The second-order valence-electron chi connectivity index (χ2n) is 6.40. The van der Waals surface area contributed by atoms with Crippen LogP contribution in [0.5, 0.6) is 0 Å². The van der Waals surface area contributed by atoms with Crippen molar-refractivity contribution in [1.29, 1.82) is 0 Å². The van der Waals surface area contributed by atoms with E-state index in [0.717, 1.165) is 0 Å². The number of hydrogen-bond donors (Lipinski definition) is 0. The number of nitrogens with zero attached hydrogens (tertiary/aromatic N) is 2. The van der Waals surface area contributed by atoms with Gasteiger partial charge in [0.25, 0.3) is 5.91 Å². The van der Waals surface area contributed by atoms with E-state index in [1.807, 2.05) is 45.0 Å². The fourth-order valence-electron chi connectivity index (χ4n) is 2.20. The van der Waals surface area contributed by atoms with Gasteiger partial charge in [-0.1, -0.05) is 36.4 Å². The lowest BCUT2D eigenvalue weighted by Gasteiger charge is -2.31. The quantitative estimate of drug-likeness (QED) is 0.571. The average molecular weight is 304 g/mol. The van der Waals surface area contributed by atoms with E-state index in [0.29, 0.717) is 6.54 Å². The maximum absolute atomic E-state index is 12.4. The Hall–Kier alpha value is -1.65. The third-order valence-corrected chi connectivity index (χ3v) is 3.29. The summed E-state index contributed by atoms with van der Waals surface area (Å²) in [5.74, 6) is -0.0699. The highest BCUT2D eigenvalue weighted by Crippen LogP contribution is 2.20. The summed E-state index contributed by atoms with van der Waals surface area (Å²) >= 11 is 0. The Kier molecular flexibility index (Phi) is 6.78. The van der Waals surface area contributed by atoms with Crippen LogP contribution in [-0.4, -0.2) is 41.6 Å². The molecule has 1 amide bonds. The van der Waals surface area contributed by atoms with E-state index < -0.39 is 5.60 Å². The number of likely N-dealkylation sites (N-methyl/N-ethyl adjacent to an activating group) is 1. The van der Waals surface area contributed by atoms with E-state index in [4.69, 9.17) is 4.84 Å². The maximum Gasteiger partial charge on any atom is 0.260 e. The molecular weight excluding hydrogens is 276 g/mol. The molecule has 0 radical (unpaired) electrons. The Morgan fingerprint density at radius 1 is 1.32 bits per heavy atom. The highest BCUT2D eigenvalue weighted by atomic mass is 16.7. The molecule has 0 fully saturated rings. The summed E-state index contributed by atoms with van der Waals surface area (Å²) in [6.45, 7) is 12.6. The molecule has 0 saturated heterocycles. The predicted molar refractivity (Wildman–Crippen MR) is 90.2 cm³/mol. The summed E-state index contributed by atoms with van der Waals surface area (Å²) in [6.07, 6.45) is 1.82. The van der Waals surface area contributed by atoms with E-state index in [1.54, 1.807) is 7.05 Å². The van der Waals surface area contributed by atoms with Crippen LogP contribution in [-0.2, 0) is 9.63 Å². The van der Waals surface area contributed by atoms with Gasteiger partial charge in [-0.2, -0.15) is 0 Å². The fourth-order valence-corrected chi connectivity index (χ4v) is 2.20. The van der Waals surface area contributed by atoms with Gasteiger partial charge < -0.3 is 0 Å². The molecule has 0 aliphatic heterocycles. The zero-order valence-electron chi connectivity index (χ0n) is 14.4. The zero-order valence-corrected chi connectivity index (χ0v) is 14.4. The van der Waals surface area contributed by atoms with Gasteiger partial charge in [-0.05, 0) is 33.3 Å². The molecule has 22 heavy (non-hydrogen) atoms. The normalized spacial score (nSPS) is 13.0. The first-order valence-corrected chi connectivity index (χ1v) is 7.60. The molecule has 0 saturated carbocycles. The van der Waals surface area contributed by atoms with Gasteiger partial charge in [0.15, 0.2) is 0 Å². The number of hydroxylamine groups is 2. The largest absolute Gasteiger partial charge is 0.284 e. The van der Waals surface area contributed by atoms with Crippen LogP contribution in [0.1, 0.15) is 39.3 Å². The van der Waals surface area contributed by atoms with E-state index >= 15 is 0 Å². The molecule has 0 unspecified atom stereocenters. The third-order valence-electron chi connectivity index (χ3n) is 3.29. The monoisotopic (exact) mass is 304 g/mol. The van der Waals surface area contributed by atoms with Crippen molar-refractivity contribution in [2.24, 2.45) is 0 Å². The lowest BCUT2D eigenvalue weighted by molar-refractivity contribution is -0.217. The van der Waals surface area contributed by atoms with Crippen LogP contribution < -0.4 is 0 Å². The summed E-state index contributed by atoms with van der Waals surface area (Å²) in [5.41, 5.74) is 0.787. The number of rotatable bonds is 7. The molecule has 0 heterocycles. The molecule has 1 atom stereocenters. The number of hydrogen-bond acceptors (Lipinski definition) is 3. The Balaban J connectivity index is 2.75. The molecule has 0 bridgehead atoms. The smallest absolute Gasteiger partial charge is 0.260 e. The van der Waals surface area contributed by atoms with Crippen molar-refractivity contribution in [3.05, 3.63) is 48.6 Å². The molecule has 1 rings (SSSR count). The summed E-state index contributed by atoms with van der Waals surface area (Å²) < 4.78 is 0. The van der Waals surface area contributed by atoms with Crippen molar-refractivity contribution in [1.82, 2.24) is 9.96 Å². The van der Waals surface area contributed by atoms with E-state index in [1.165, 1.54) is 10.6 Å². The number of amides is 1. The highest BCUT2D eigenvalue weighted by molar-refractivity contribution is 5.77. The summed E-state index contributed by atoms with van der Waals surface area (Å²) in [7, 11) is 1.66. The van der Waals surface area contributed by atoms with Gasteiger partial charge in [0.05, 0.1) is 12.1 Å². The minimum Gasteiger partial charge on any atom is -0.284 e. The van der Waals surface area contributed by atoms with Crippen molar-refractivity contribution >= 4 is 5.91 Å². The molecule has 4 nitrogen and oxygen atoms in total. The molecule has 0 aliphatic rings. The van der Waals surface area contributed by atoms with Crippen LogP contribution in [0.15, 0.2) is 43.0 Å². The summed E-state index contributed by atoms with van der Waals surface area (Å²) in [4.78, 5) is 20.0. The Labute approximate surface area is 134 Å². The van der Waals surface area contributed by atoms with Crippen LogP contribution in [0.25, 0.3) is 0 Å². The SMILES string of the molecule is C=CCN(CC(=O)N(C)OC(C)(C)C)[C@@H](C)c1ccccc1. The van der Waals surface area contributed by atoms with Crippen LogP contribution >= 0.6 is 0 Å². The van der Waals surface area contributed by atoms with Gasteiger partial charge in [-0.3, -0.25) is 14.5 Å². The summed E-state index contributed by atoms with van der Waals surface area (Å²) in [6, 6.07) is 10.3.